The zero-order valence-corrected chi connectivity index (χ0v) is 15.5. The second kappa shape index (κ2) is 7.48. The largest absolute Gasteiger partial charge is 0.341 e. The summed E-state index contributed by atoms with van der Waals surface area (Å²) < 4.78 is 0. The molecule has 6 nitrogen and oxygen atoms in total. The van der Waals surface area contributed by atoms with Crippen LogP contribution in [0.1, 0.15) is 38.7 Å². The molecule has 2 saturated heterocycles. The van der Waals surface area contributed by atoms with Crippen molar-refractivity contribution in [2.45, 2.75) is 45.1 Å². The van der Waals surface area contributed by atoms with Crippen LogP contribution in [-0.2, 0) is 16.0 Å². The molecule has 2 fully saturated rings. The van der Waals surface area contributed by atoms with E-state index in [9.17, 15) is 14.4 Å². The minimum Gasteiger partial charge on any atom is -0.341 e. The van der Waals surface area contributed by atoms with E-state index in [1.807, 2.05) is 13.0 Å². The summed E-state index contributed by atoms with van der Waals surface area (Å²) in [5.41, 5.74) is 0.440. The maximum absolute atomic E-state index is 12.6. The third-order valence-electron chi connectivity index (χ3n) is 5.68. The van der Waals surface area contributed by atoms with Gasteiger partial charge in [-0.2, -0.15) is 0 Å². The fourth-order valence-corrected chi connectivity index (χ4v) is 3.70. The first-order valence-corrected chi connectivity index (χ1v) is 9.39. The van der Waals surface area contributed by atoms with Gasteiger partial charge in [-0.3, -0.25) is 14.5 Å². The monoisotopic (exact) mass is 357 g/mol. The molecule has 2 aliphatic heterocycles. The Balaban J connectivity index is 1.51. The highest BCUT2D eigenvalue weighted by Crippen LogP contribution is 2.23. The van der Waals surface area contributed by atoms with Crippen LogP contribution in [0.15, 0.2) is 30.3 Å². The molecule has 1 aromatic carbocycles. The molecule has 140 valence electrons. The van der Waals surface area contributed by atoms with Crippen LogP contribution in [0, 0.1) is 5.92 Å². The molecule has 1 aromatic rings. The van der Waals surface area contributed by atoms with Crippen molar-refractivity contribution in [2.24, 2.45) is 5.92 Å². The number of hydrogen-bond donors (Lipinski definition) is 1. The number of benzene rings is 1. The van der Waals surface area contributed by atoms with Gasteiger partial charge in [-0.1, -0.05) is 37.3 Å². The number of urea groups is 1. The minimum absolute atomic E-state index is 0.146. The maximum atomic E-state index is 12.6. The van der Waals surface area contributed by atoms with E-state index in [1.165, 1.54) is 5.56 Å². The first-order chi connectivity index (χ1) is 12.4. The van der Waals surface area contributed by atoms with E-state index in [0.717, 1.165) is 24.2 Å². The molecule has 0 bridgehead atoms. The van der Waals surface area contributed by atoms with Crippen LogP contribution in [0.3, 0.4) is 0 Å². The highest BCUT2D eigenvalue weighted by Gasteiger charge is 2.47. The van der Waals surface area contributed by atoms with E-state index in [1.54, 1.807) is 11.8 Å². The van der Waals surface area contributed by atoms with Crippen molar-refractivity contribution in [3.8, 4) is 0 Å². The second-order valence-electron chi connectivity index (χ2n) is 7.52. The molecule has 2 heterocycles. The Morgan fingerprint density at radius 2 is 1.85 bits per heavy atom. The number of likely N-dealkylation sites (tertiary alicyclic amines) is 1. The van der Waals surface area contributed by atoms with Gasteiger partial charge in [0, 0.05) is 13.1 Å². The van der Waals surface area contributed by atoms with Crippen molar-refractivity contribution in [1.82, 2.24) is 15.1 Å². The van der Waals surface area contributed by atoms with E-state index in [-0.39, 0.29) is 18.4 Å². The van der Waals surface area contributed by atoms with Crippen LogP contribution in [-0.4, -0.2) is 52.8 Å². The van der Waals surface area contributed by atoms with Crippen molar-refractivity contribution < 1.29 is 14.4 Å². The first-order valence-electron chi connectivity index (χ1n) is 9.39. The summed E-state index contributed by atoms with van der Waals surface area (Å²) in [6.45, 7) is 4.76. The Kier molecular flexibility index (Phi) is 5.30. The SMILES string of the molecule is CC[C@]1(C)NC(=O)N(CC(=O)N2CCC(Cc3ccccc3)CC2)C1=O. The van der Waals surface area contributed by atoms with Crippen LogP contribution < -0.4 is 5.32 Å². The molecule has 1 atom stereocenters. The zero-order valence-electron chi connectivity index (χ0n) is 15.5. The Hall–Kier alpha value is -2.37. The van der Waals surface area contributed by atoms with Crippen molar-refractivity contribution in [2.75, 3.05) is 19.6 Å². The van der Waals surface area contributed by atoms with Crippen LogP contribution in [0.4, 0.5) is 4.79 Å². The summed E-state index contributed by atoms with van der Waals surface area (Å²) in [7, 11) is 0. The van der Waals surface area contributed by atoms with Gasteiger partial charge < -0.3 is 10.2 Å². The number of carbonyl (C=O) groups excluding carboxylic acids is 3. The van der Waals surface area contributed by atoms with Gasteiger partial charge in [0.05, 0.1) is 0 Å². The maximum Gasteiger partial charge on any atom is 0.325 e. The van der Waals surface area contributed by atoms with Gasteiger partial charge in [0.2, 0.25) is 5.91 Å². The summed E-state index contributed by atoms with van der Waals surface area (Å²) in [4.78, 5) is 39.9. The van der Waals surface area contributed by atoms with Crippen LogP contribution in [0.5, 0.6) is 0 Å². The molecule has 0 radical (unpaired) electrons. The number of imide groups is 1. The summed E-state index contributed by atoms with van der Waals surface area (Å²) >= 11 is 0. The average molecular weight is 357 g/mol. The lowest BCUT2D eigenvalue weighted by Crippen LogP contribution is -2.47. The third-order valence-corrected chi connectivity index (χ3v) is 5.68. The second-order valence-corrected chi connectivity index (χ2v) is 7.52. The number of nitrogens with one attached hydrogen (secondary N) is 1. The summed E-state index contributed by atoms with van der Waals surface area (Å²) in [5, 5.41) is 2.69. The molecule has 0 spiro atoms. The van der Waals surface area contributed by atoms with Gasteiger partial charge in [-0.05, 0) is 44.1 Å². The topological polar surface area (TPSA) is 69.7 Å². The fraction of sp³-hybridized carbons (Fsp3) is 0.550. The standard InChI is InChI=1S/C20H27N3O3/c1-3-20(2)18(25)23(19(26)21-20)14-17(24)22-11-9-16(10-12-22)13-15-7-5-4-6-8-15/h4-8,16H,3,9-14H2,1-2H3,(H,21,26)/t20-/m0/s1. The molecule has 6 heteroatoms. The smallest absolute Gasteiger partial charge is 0.325 e. The molecule has 4 amide bonds. The molecule has 2 aliphatic rings. The normalized spacial score (nSPS) is 24.1. The van der Waals surface area contributed by atoms with Gasteiger partial charge >= 0.3 is 6.03 Å². The molecule has 3 rings (SSSR count). The van der Waals surface area contributed by atoms with Crippen molar-refractivity contribution in [3.05, 3.63) is 35.9 Å². The van der Waals surface area contributed by atoms with Gasteiger partial charge in [0.25, 0.3) is 5.91 Å². The summed E-state index contributed by atoms with van der Waals surface area (Å²) in [5.74, 6) is 0.117. The van der Waals surface area contributed by atoms with Crippen molar-refractivity contribution in [1.29, 1.82) is 0 Å². The highest BCUT2D eigenvalue weighted by atomic mass is 16.2. The third kappa shape index (κ3) is 3.74. The van der Waals surface area contributed by atoms with E-state index in [4.69, 9.17) is 0 Å². The van der Waals surface area contributed by atoms with Crippen molar-refractivity contribution >= 4 is 17.8 Å². The summed E-state index contributed by atoms with van der Waals surface area (Å²) in [6.07, 6.45) is 3.44. The Morgan fingerprint density at radius 1 is 1.19 bits per heavy atom. The first kappa shape index (κ1) is 18.4. The van der Waals surface area contributed by atoms with E-state index < -0.39 is 11.6 Å². The lowest BCUT2D eigenvalue weighted by atomic mass is 9.90. The molecule has 0 unspecified atom stereocenters. The highest BCUT2D eigenvalue weighted by molar-refractivity contribution is 6.08. The fourth-order valence-electron chi connectivity index (χ4n) is 3.70. The van der Waals surface area contributed by atoms with Crippen LogP contribution in [0.25, 0.3) is 0 Å². The predicted octanol–water partition coefficient (Wildman–Crippen LogP) is 2.19. The molecule has 1 N–H and O–H groups in total. The van der Waals surface area contributed by atoms with E-state index >= 15 is 0 Å². The number of rotatable bonds is 5. The van der Waals surface area contributed by atoms with E-state index in [0.29, 0.717) is 25.4 Å². The number of nitrogens with zero attached hydrogens (tertiary/aromatic N) is 2. The van der Waals surface area contributed by atoms with Crippen LogP contribution in [0.2, 0.25) is 0 Å². The van der Waals surface area contributed by atoms with Crippen molar-refractivity contribution in [3.63, 3.8) is 0 Å². The zero-order chi connectivity index (χ0) is 18.7. The molecule has 0 saturated carbocycles. The van der Waals surface area contributed by atoms with Crippen LogP contribution >= 0.6 is 0 Å². The molecular weight excluding hydrogens is 330 g/mol. The molecule has 0 aromatic heterocycles. The molecule has 26 heavy (non-hydrogen) atoms. The number of carbonyl (C=O) groups is 3. The molecular formula is C20H27N3O3. The lowest BCUT2D eigenvalue weighted by Gasteiger charge is -2.33. The van der Waals surface area contributed by atoms with Gasteiger partial charge in [0.15, 0.2) is 0 Å². The minimum atomic E-state index is -0.889. The number of piperidine rings is 1. The summed E-state index contributed by atoms with van der Waals surface area (Å²) in [6, 6.07) is 9.93. The Labute approximate surface area is 154 Å². The van der Waals surface area contributed by atoms with Gasteiger partial charge in [-0.25, -0.2) is 4.79 Å². The molecule has 0 aliphatic carbocycles. The number of amides is 4. The Morgan fingerprint density at radius 3 is 2.42 bits per heavy atom. The Bertz CT molecular complexity index is 683. The van der Waals surface area contributed by atoms with Gasteiger partial charge in [0.1, 0.15) is 12.1 Å². The quantitative estimate of drug-likeness (QED) is 0.821. The van der Waals surface area contributed by atoms with E-state index in [2.05, 4.69) is 29.6 Å². The van der Waals surface area contributed by atoms with Gasteiger partial charge in [-0.15, -0.1) is 0 Å². The average Bonchev–Trinajstić information content (AvgIpc) is 2.87. The predicted molar refractivity (Wildman–Crippen MR) is 98.4 cm³/mol. The number of hydrogen-bond acceptors (Lipinski definition) is 3. The lowest BCUT2D eigenvalue weighted by molar-refractivity contribution is -0.139.